The van der Waals surface area contributed by atoms with Gasteiger partial charge in [0.25, 0.3) is 5.91 Å². The smallest absolute Gasteiger partial charge is 0.251 e. The summed E-state index contributed by atoms with van der Waals surface area (Å²) in [6.45, 7) is 0.363. The van der Waals surface area contributed by atoms with Gasteiger partial charge in [0, 0.05) is 24.4 Å². The lowest BCUT2D eigenvalue weighted by Crippen LogP contribution is -2.26. The highest BCUT2D eigenvalue weighted by Gasteiger charge is 2.17. The second-order valence-electron chi connectivity index (χ2n) is 5.82. The summed E-state index contributed by atoms with van der Waals surface area (Å²) in [5.41, 5.74) is 1.17. The summed E-state index contributed by atoms with van der Waals surface area (Å²) in [6, 6.07) is 9.78. The van der Waals surface area contributed by atoms with Crippen molar-refractivity contribution in [2.45, 2.75) is 11.3 Å². The minimum Gasteiger partial charge on any atom is -0.497 e. The third-order valence-electron chi connectivity index (χ3n) is 4.00. The van der Waals surface area contributed by atoms with Gasteiger partial charge in [0.15, 0.2) is 9.84 Å². The summed E-state index contributed by atoms with van der Waals surface area (Å²) in [4.78, 5) is 12.4. The van der Waals surface area contributed by atoms with E-state index in [1.165, 1.54) is 25.3 Å². The quantitative estimate of drug-likeness (QED) is 0.739. The summed E-state index contributed by atoms with van der Waals surface area (Å²) in [5, 5.41) is 2.78. The Morgan fingerprint density at radius 1 is 0.963 bits per heavy atom. The van der Waals surface area contributed by atoms with Gasteiger partial charge in [-0.25, -0.2) is 8.42 Å². The van der Waals surface area contributed by atoms with Crippen molar-refractivity contribution in [3.8, 4) is 17.2 Å². The highest BCUT2D eigenvalue weighted by atomic mass is 32.2. The highest BCUT2D eigenvalue weighted by molar-refractivity contribution is 7.90. The molecule has 2 aromatic carbocycles. The number of carbonyl (C=O) groups is 1. The maximum atomic E-state index is 12.4. The molecule has 8 heteroatoms. The number of hydrogen-bond acceptors (Lipinski definition) is 6. The Bertz CT molecular complexity index is 924. The summed E-state index contributed by atoms with van der Waals surface area (Å²) in [5.74, 6) is 1.20. The number of hydrogen-bond donors (Lipinski definition) is 1. The monoisotopic (exact) mass is 393 g/mol. The van der Waals surface area contributed by atoms with Crippen LogP contribution in [0.1, 0.15) is 15.9 Å². The first-order chi connectivity index (χ1) is 12.8. The maximum absolute atomic E-state index is 12.4. The molecule has 0 aromatic heterocycles. The summed E-state index contributed by atoms with van der Waals surface area (Å²) >= 11 is 0. The molecular formula is C19H23NO6S. The first-order valence-corrected chi connectivity index (χ1v) is 10.1. The van der Waals surface area contributed by atoms with Crippen molar-refractivity contribution in [3.63, 3.8) is 0 Å². The van der Waals surface area contributed by atoms with Gasteiger partial charge >= 0.3 is 0 Å². The van der Waals surface area contributed by atoms with E-state index in [9.17, 15) is 13.2 Å². The molecule has 0 saturated carbocycles. The fraction of sp³-hybridized carbons (Fsp3) is 0.316. The van der Waals surface area contributed by atoms with Crippen molar-refractivity contribution in [1.82, 2.24) is 5.32 Å². The molecule has 0 aliphatic heterocycles. The second-order valence-corrected chi connectivity index (χ2v) is 7.81. The molecule has 0 aliphatic carbocycles. The number of benzene rings is 2. The van der Waals surface area contributed by atoms with Gasteiger partial charge in [0.2, 0.25) is 0 Å². The largest absolute Gasteiger partial charge is 0.497 e. The first kappa shape index (κ1) is 20.6. The number of ether oxygens (including phenoxy) is 3. The van der Waals surface area contributed by atoms with Crippen molar-refractivity contribution >= 4 is 15.7 Å². The van der Waals surface area contributed by atoms with Crippen LogP contribution in [0, 0.1) is 0 Å². The molecule has 0 heterocycles. The van der Waals surface area contributed by atoms with Crippen LogP contribution in [0.3, 0.4) is 0 Å². The Morgan fingerprint density at radius 3 is 2.26 bits per heavy atom. The molecule has 0 saturated heterocycles. The Balaban J connectivity index is 2.08. The molecule has 0 radical (unpaired) electrons. The van der Waals surface area contributed by atoms with Gasteiger partial charge in [0.05, 0.1) is 21.3 Å². The van der Waals surface area contributed by atoms with Gasteiger partial charge in [-0.3, -0.25) is 4.79 Å². The molecular weight excluding hydrogens is 370 g/mol. The Hall–Kier alpha value is -2.74. The van der Waals surface area contributed by atoms with Crippen LogP contribution in [0.5, 0.6) is 17.2 Å². The molecule has 2 aromatic rings. The van der Waals surface area contributed by atoms with E-state index in [1.807, 2.05) is 12.1 Å². The van der Waals surface area contributed by atoms with Gasteiger partial charge < -0.3 is 19.5 Å². The molecule has 0 aliphatic rings. The van der Waals surface area contributed by atoms with Gasteiger partial charge in [-0.15, -0.1) is 0 Å². The highest BCUT2D eigenvalue weighted by Crippen LogP contribution is 2.26. The molecule has 2 rings (SSSR count). The minimum atomic E-state index is -3.51. The minimum absolute atomic E-state index is 0.0190. The Morgan fingerprint density at radius 2 is 1.67 bits per heavy atom. The van der Waals surface area contributed by atoms with E-state index in [-0.39, 0.29) is 22.1 Å². The van der Waals surface area contributed by atoms with E-state index in [2.05, 4.69) is 5.32 Å². The molecule has 27 heavy (non-hydrogen) atoms. The Kier molecular flexibility index (Phi) is 6.68. The topological polar surface area (TPSA) is 90.9 Å². The SMILES string of the molecule is COc1ccc(CCNC(=O)c2ccc(OC)c(S(C)(=O)=O)c2)c(OC)c1. The molecule has 1 N–H and O–H groups in total. The van der Waals surface area contributed by atoms with Gasteiger partial charge in [-0.05, 0) is 36.2 Å². The van der Waals surface area contributed by atoms with Gasteiger partial charge in [0.1, 0.15) is 22.1 Å². The predicted molar refractivity (Wildman–Crippen MR) is 102 cm³/mol. The fourth-order valence-electron chi connectivity index (χ4n) is 2.58. The molecule has 0 spiro atoms. The fourth-order valence-corrected chi connectivity index (χ4v) is 3.44. The molecule has 0 atom stereocenters. The summed E-state index contributed by atoms with van der Waals surface area (Å²) in [6.07, 6.45) is 1.62. The predicted octanol–water partition coefficient (Wildman–Crippen LogP) is 2.09. The normalized spacial score (nSPS) is 11.0. The number of rotatable bonds is 8. The number of carbonyl (C=O) groups excluding carboxylic acids is 1. The van der Waals surface area contributed by atoms with E-state index in [1.54, 1.807) is 20.3 Å². The third-order valence-corrected chi connectivity index (χ3v) is 5.12. The molecule has 7 nitrogen and oxygen atoms in total. The van der Waals surface area contributed by atoms with Crippen molar-refractivity contribution < 1.29 is 27.4 Å². The van der Waals surface area contributed by atoms with Crippen LogP contribution < -0.4 is 19.5 Å². The Labute approximate surface area is 159 Å². The van der Waals surface area contributed by atoms with Crippen LogP contribution in [-0.2, 0) is 16.3 Å². The lowest BCUT2D eigenvalue weighted by atomic mass is 10.1. The summed E-state index contributed by atoms with van der Waals surface area (Å²) in [7, 11) is 1.01. The van der Waals surface area contributed by atoms with Crippen LogP contribution in [0.25, 0.3) is 0 Å². The summed E-state index contributed by atoms with van der Waals surface area (Å²) < 4.78 is 39.3. The lowest BCUT2D eigenvalue weighted by molar-refractivity contribution is 0.0953. The maximum Gasteiger partial charge on any atom is 0.251 e. The van der Waals surface area contributed by atoms with E-state index in [4.69, 9.17) is 14.2 Å². The van der Waals surface area contributed by atoms with E-state index in [0.717, 1.165) is 11.8 Å². The average Bonchev–Trinajstić information content (AvgIpc) is 2.66. The molecule has 146 valence electrons. The van der Waals surface area contributed by atoms with Crippen molar-refractivity contribution in [2.75, 3.05) is 34.1 Å². The van der Waals surface area contributed by atoms with E-state index in [0.29, 0.717) is 24.5 Å². The zero-order chi connectivity index (χ0) is 20.0. The van der Waals surface area contributed by atoms with Crippen molar-refractivity contribution in [3.05, 3.63) is 47.5 Å². The number of nitrogens with one attached hydrogen (secondary N) is 1. The van der Waals surface area contributed by atoms with Crippen LogP contribution >= 0.6 is 0 Å². The van der Waals surface area contributed by atoms with Crippen molar-refractivity contribution in [1.29, 1.82) is 0 Å². The van der Waals surface area contributed by atoms with Crippen LogP contribution in [-0.4, -0.2) is 48.5 Å². The average molecular weight is 393 g/mol. The van der Waals surface area contributed by atoms with Gasteiger partial charge in [-0.1, -0.05) is 6.07 Å². The molecule has 0 unspecified atom stereocenters. The zero-order valence-electron chi connectivity index (χ0n) is 15.7. The first-order valence-electron chi connectivity index (χ1n) is 8.17. The van der Waals surface area contributed by atoms with Gasteiger partial charge in [-0.2, -0.15) is 0 Å². The molecule has 0 bridgehead atoms. The zero-order valence-corrected chi connectivity index (χ0v) is 16.6. The second kappa shape index (κ2) is 8.77. The lowest BCUT2D eigenvalue weighted by Gasteiger charge is -2.12. The van der Waals surface area contributed by atoms with Crippen LogP contribution in [0.2, 0.25) is 0 Å². The van der Waals surface area contributed by atoms with E-state index < -0.39 is 9.84 Å². The molecule has 1 amide bonds. The third kappa shape index (κ3) is 5.13. The number of sulfone groups is 1. The molecule has 0 fully saturated rings. The van der Waals surface area contributed by atoms with Crippen molar-refractivity contribution in [2.24, 2.45) is 0 Å². The van der Waals surface area contributed by atoms with Crippen LogP contribution in [0.15, 0.2) is 41.3 Å². The van der Waals surface area contributed by atoms with Crippen LogP contribution in [0.4, 0.5) is 0 Å². The number of amides is 1. The van der Waals surface area contributed by atoms with E-state index >= 15 is 0 Å². The number of methoxy groups -OCH3 is 3. The standard InChI is InChI=1S/C19H23NO6S/c1-24-15-7-5-13(17(12-15)26-3)9-10-20-19(21)14-6-8-16(25-2)18(11-14)27(4,22)23/h5-8,11-12H,9-10H2,1-4H3,(H,20,21).